The van der Waals surface area contributed by atoms with E-state index in [0.29, 0.717) is 0 Å². The lowest BCUT2D eigenvalue weighted by Gasteiger charge is -2.25. The first-order chi connectivity index (χ1) is 23.6. The van der Waals surface area contributed by atoms with E-state index in [0.717, 1.165) is 21.9 Å². The fourth-order valence-corrected chi connectivity index (χ4v) is 7.91. The lowest BCUT2D eigenvalue weighted by Crippen LogP contribution is -2.11. The van der Waals surface area contributed by atoms with E-state index in [1.165, 1.54) is 76.5 Å². The normalized spacial score (nSPS) is 12.7. The number of para-hydroxylation sites is 1. The maximum absolute atomic E-state index is 6.29. The summed E-state index contributed by atoms with van der Waals surface area (Å²) in [6.45, 7) is 13.9. The number of furan rings is 1. The van der Waals surface area contributed by atoms with Crippen molar-refractivity contribution >= 4 is 65.0 Å². The van der Waals surface area contributed by atoms with Crippen molar-refractivity contribution in [1.29, 1.82) is 0 Å². The Labute approximate surface area is 287 Å². The van der Waals surface area contributed by atoms with Crippen molar-refractivity contribution in [1.82, 2.24) is 0 Å². The van der Waals surface area contributed by atoms with Crippen LogP contribution in [0, 0.1) is 0 Å². The molecule has 49 heavy (non-hydrogen) atoms. The van der Waals surface area contributed by atoms with E-state index in [1.54, 1.807) is 0 Å². The van der Waals surface area contributed by atoms with Crippen LogP contribution >= 0.6 is 0 Å². The molecule has 0 radical (unpaired) electrons. The second kappa shape index (κ2) is 10.5. The number of hydrogen-bond donors (Lipinski definition) is 0. The predicted molar refractivity (Wildman–Crippen MR) is 212 cm³/mol. The van der Waals surface area contributed by atoms with Crippen molar-refractivity contribution in [3.8, 4) is 22.3 Å². The quantitative estimate of drug-likeness (QED) is 0.136. The number of rotatable bonds is 2. The van der Waals surface area contributed by atoms with E-state index in [-0.39, 0.29) is 10.8 Å². The Morgan fingerprint density at radius 2 is 0.918 bits per heavy atom. The molecular formula is C48H40O. The molecule has 0 fully saturated rings. The summed E-state index contributed by atoms with van der Waals surface area (Å²) in [4.78, 5) is 0. The standard InChI is InChI=1S/C48H40O/c1-47(2,3)31-21-23-38-41(27-31)45(30-19-24-44-39(26-30)36-17-11-12-18-43(36)49-44)37-22-20-32(48(4,5)6)28-42(37)46(38)40-25-29-13-7-8-14-33(29)34-15-9-10-16-35(34)40/h7-28H,1-6H3. The summed E-state index contributed by atoms with van der Waals surface area (Å²) in [5.41, 5.74) is 9.56. The molecule has 0 aliphatic rings. The zero-order valence-electron chi connectivity index (χ0n) is 29.1. The maximum Gasteiger partial charge on any atom is 0.135 e. The van der Waals surface area contributed by atoms with E-state index < -0.39 is 0 Å². The fourth-order valence-electron chi connectivity index (χ4n) is 7.91. The first-order valence-corrected chi connectivity index (χ1v) is 17.4. The van der Waals surface area contributed by atoms with Crippen LogP contribution in [0.1, 0.15) is 52.7 Å². The lowest BCUT2D eigenvalue weighted by molar-refractivity contribution is 0.590. The van der Waals surface area contributed by atoms with Crippen molar-refractivity contribution in [3.05, 3.63) is 145 Å². The summed E-state index contributed by atoms with van der Waals surface area (Å²) in [6.07, 6.45) is 0. The predicted octanol–water partition coefficient (Wildman–Crippen LogP) is 14.1. The molecular weight excluding hydrogens is 593 g/mol. The molecule has 9 rings (SSSR count). The van der Waals surface area contributed by atoms with Crippen LogP contribution in [0.3, 0.4) is 0 Å². The van der Waals surface area contributed by atoms with Crippen LogP contribution < -0.4 is 0 Å². The first kappa shape index (κ1) is 29.7. The molecule has 0 spiro atoms. The minimum atomic E-state index is -0.00323. The van der Waals surface area contributed by atoms with Gasteiger partial charge in [-0.25, -0.2) is 0 Å². The van der Waals surface area contributed by atoms with Gasteiger partial charge in [0, 0.05) is 10.8 Å². The highest BCUT2D eigenvalue weighted by molar-refractivity contribution is 6.26. The van der Waals surface area contributed by atoms with Gasteiger partial charge in [-0.2, -0.15) is 0 Å². The molecule has 1 heterocycles. The van der Waals surface area contributed by atoms with Gasteiger partial charge in [0.1, 0.15) is 11.2 Å². The summed E-state index contributed by atoms with van der Waals surface area (Å²) >= 11 is 0. The summed E-state index contributed by atoms with van der Waals surface area (Å²) in [5, 5.41) is 12.5. The molecule has 0 unspecified atom stereocenters. The molecule has 0 aliphatic carbocycles. The second-order valence-corrected chi connectivity index (χ2v) is 15.8. The third kappa shape index (κ3) is 4.67. The van der Waals surface area contributed by atoms with Gasteiger partial charge in [-0.15, -0.1) is 0 Å². The summed E-state index contributed by atoms with van der Waals surface area (Å²) in [5.74, 6) is 0. The second-order valence-electron chi connectivity index (χ2n) is 15.8. The fraction of sp³-hybridized carbons (Fsp3) is 0.167. The van der Waals surface area contributed by atoms with Crippen LogP contribution in [-0.2, 0) is 10.8 Å². The molecule has 238 valence electrons. The largest absolute Gasteiger partial charge is 0.456 e. The van der Waals surface area contributed by atoms with Crippen LogP contribution in [0.4, 0.5) is 0 Å². The average Bonchev–Trinajstić information content (AvgIpc) is 3.47. The van der Waals surface area contributed by atoms with Crippen LogP contribution in [0.5, 0.6) is 0 Å². The SMILES string of the molecule is CC(C)(C)c1ccc2c(-c3cc4ccccc4c4ccccc34)c3cc(C(C)(C)C)ccc3c(-c3ccc4oc5ccccc5c4c3)c2c1. The molecule has 0 saturated carbocycles. The number of fused-ring (bicyclic) bond motifs is 8. The van der Waals surface area contributed by atoms with Gasteiger partial charge >= 0.3 is 0 Å². The Balaban J connectivity index is 1.50. The zero-order chi connectivity index (χ0) is 33.7. The highest BCUT2D eigenvalue weighted by Gasteiger charge is 2.24. The molecule has 9 aromatic rings. The van der Waals surface area contributed by atoms with E-state index >= 15 is 0 Å². The van der Waals surface area contributed by atoms with E-state index in [2.05, 4.69) is 169 Å². The van der Waals surface area contributed by atoms with Gasteiger partial charge in [0.15, 0.2) is 0 Å². The molecule has 1 aromatic heterocycles. The Morgan fingerprint density at radius 3 is 1.61 bits per heavy atom. The summed E-state index contributed by atoms with van der Waals surface area (Å²) < 4.78 is 6.29. The van der Waals surface area contributed by atoms with Gasteiger partial charge in [0.25, 0.3) is 0 Å². The minimum Gasteiger partial charge on any atom is -0.456 e. The highest BCUT2D eigenvalue weighted by Crippen LogP contribution is 2.49. The minimum absolute atomic E-state index is 0.00294. The van der Waals surface area contributed by atoms with E-state index in [4.69, 9.17) is 4.42 Å². The molecule has 1 heteroatoms. The number of hydrogen-bond acceptors (Lipinski definition) is 1. The van der Waals surface area contributed by atoms with Crippen LogP contribution in [-0.4, -0.2) is 0 Å². The van der Waals surface area contributed by atoms with Gasteiger partial charge in [0.2, 0.25) is 0 Å². The van der Waals surface area contributed by atoms with Crippen LogP contribution in [0.2, 0.25) is 0 Å². The highest BCUT2D eigenvalue weighted by atomic mass is 16.3. The molecule has 0 bridgehead atoms. The van der Waals surface area contributed by atoms with Gasteiger partial charge < -0.3 is 4.42 Å². The van der Waals surface area contributed by atoms with Gasteiger partial charge in [0.05, 0.1) is 0 Å². The number of benzene rings is 8. The van der Waals surface area contributed by atoms with E-state index in [9.17, 15) is 0 Å². The third-order valence-corrected chi connectivity index (χ3v) is 10.6. The maximum atomic E-state index is 6.29. The molecule has 1 nitrogen and oxygen atoms in total. The zero-order valence-corrected chi connectivity index (χ0v) is 29.1. The van der Waals surface area contributed by atoms with Gasteiger partial charge in [-0.3, -0.25) is 0 Å². The summed E-state index contributed by atoms with van der Waals surface area (Å²) in [6, 6.07) is 49.7. The van der Waals surface area contributed by atoms with Crippen LogP contribution in [0.15, 0.2) is 138 Å². The topological polar surface area (TPSA) is 13.1 Å². The van der Waals surface area contributed by atoms with Crippen molar-refractivity contribution in [2.24, 2.45) is 0 Å². The molecule has 0 atom stereocenters. The Hall–Kier alpha value is -5.40. The van der Waals surface area contributed by atoms with Crippen molar-refractivity contribution in [3.63, 3.8) is 0 Å². The van der Waals surface area contributed by atoms with Gasteiger partial charge in [-0.1, -0.05) is 139 Å². The van der Waals surface area contributed by atoms with Crippen molar-refractivity contribution in [2.75, 3.05) is 0 Å². The van der Waals surface area contributed by atoms with Crippen LogP contribution in [0.25, 0.3) is 87.3 Å². The average molecular weight is 633 g/mol. The molecule has 0 saturated heterocycles. The lowest BCUT2D eigenvalue weighted by atomic mass is 9.78. The monoisotopic (exact) mass is 632 g/mol. The van der Waals surface area contributed by atoms with Crippen molar-refractivity contribution in [2.45, 2.75) is 52.4 Å². The Morgan fingerprint density at radius 1 is 0.367 bits per heavy atom. The molecule has 8 aromatic carbocycles. The smallest absolute Gasteiger partial charge is 0.135 e. The Bertz CT molecular complexity index is 2780. The van der Waals surface area contributed by atoms with E-state index in [1.807, 2.05) is 6.07 Å². The third-order valence-electron chi connectivity index (χ3n) is 10.6. The molecule has 0 amide bonds. The molecule has 0 N–H and O–H groups in total. The van der Waals surface area contributed by atoms with Crippen molar-refractivity contribution < 1.29 is 4.42 Å². The van der Waals surface area contributed by atoms with Gasteiger partial charge in [-0.05, 0) is 124 Å². The Kier molecular flexibility index (Phi) is 6.40. The first-order valence-electron chi connectivity index (χ1n) is 17.4. The molecule has 0 aliphatic heterocycles. The summed E-state index contributed by atoms with van der Waals surface area (Å²) in [7, 11) is 0.